The number of aromatic nitrogens is 1. The molecular formula is C21H22ClF2N3O3. The molecule has 0 fully saturated rings. The molecule has 1 aromatic heterocycles. The van der Waals surface area contributed by atoms with Gasteiger partial charge in [-0.3, -0.25) is 14.6 Å². The van der Waals surface area contributed by atoms with E-state index < -0.39 is 12.5 Å². The van der Waals surface area contributed by atoms with Gasteiger partial charge in [-0.25, -0.2) is 8.78 Å². The summed E-state index contributed by atoms with van der Waals surface area (Å²) in [6, 6.07) is 6.01. The monoisotopic (exact) mass is 437 g/mol. The van der Waals surface area contributed by atoms with E-state index in [0.29, 0.717) is 23.2 Å². The van der Waals surface area contributed by atoms with Crippen molar-refractivity contribution in [3.63, 3.8) is 0 Å². The first-order chi connectivity index (χ1) is 14.1. The molecule has 2 amide bonds. The zero-order chi connectivity index (χ0) is 22.1. The lowest BCUT2D eigenvalue weighted by Crippen LogP contribution is -2.28. The normalized spacial score (nSPS) is 14.5. The topological polar surface area (TPSA) is 71.5 Å². The molecule has 1 aliphatic heterocycles. The molecule has 2 heterocycles. The first-order valence-electron chi connectivity index (χ1n) is 9.49. The smallest absolute Gasteiger partial charge is 0.278 e. The molecule has 0 bridgehead atoms. The molecule has 1 aliphatic rings. The van der Waals surface area contributed by atoms with Crippen LogP contribution in [0.25, 0.3) is 0 Å². The van der Waals surface area contributed by atoms with Gasteiger partial charge in [0, 0.05) is 37.3 Å². The van der Waals surface area contributed by atoms with E-state index in [1.165, 1.54) is 12.3 Å². The number of amides is 2. The van der Waals surface area contributed by atoms with Crippen molar-refractivity contribution in [1.82, 2.24) is 15.2 Å². The molecule has 160 valence electrons. The van der Waals surface area contributed by atoms with Crippen LogP contribution in [0.15, 0.2) is 30.5 Å². The van der Waals surface area contributed by atoms with E-state index in [0.717, 1.165) is 6.92 Å². The highest BCUT2D eigenvalue weighted by molar-refractivity contribution is 6.32. The van der Waals surface area contributed by atoms with Crippen molar-refractivity contribution in [2.75, 3.05) is 13.2 Å². The fourth-order valence-electron chi connectivity index (χ4n) is 3.28. The van der Waals surface area contributed by atoms with E-state index in [9.17, 15) is 18.4 Å². The summed E-state index contributed by atoms with van der Waals surface area (Å²) in [5.41, 5.74) is 1.97. The summed E-state index contributed by atoms with van der Waals surface area (Å²) in [6.07, 6.45) is 1.45. The lowest BCUT2D eigenvalue weighted by Gasteiger charge is -2.25. The predicted octanol–water partition coefficient (Wildman–Crippen LogP) is 4.24. The Labute approximate surface area is 178 Å². The molecule has 9 heteroatoms. The van der Waals surface area contributed by atoms with Crippen molar-refractivity contribution < 1.29 is 23.1 Å². The van der Waals surface area contributed by atoms with Gasteiger partial charge >= 0.3 is 0 Å². The van der Waals surface area contributed by atoms with E-state index in [1.807, 2.05) is 6.92 Å². The molecule has 6 nitrogen and oxygen atoms in total. The number of benzene rings is 1. The number of halogens is 3. The minimum atomic E-state index is -2.97. The second-order valence-corrected chi connectivity index (χ2v) is 7.61. The highest BCUT2D eigenvalue weighted by Gasteiger charge is 2.35. The van der Waals surface area contributed by atoms with Crippen LogP contribution < -0.4 is 10.1 Å². The Kier molecular flexibility index (Phi) is 6.26. The van der Waals surface area contributed by atoms with Gasteiger partial charge in [0.15, 0.2) is 6.61 Å². The highest BCUT2D eigenvalue weighted by atomic mass is 35.5. The number of carbonyl (C=O) groups is 2. The van der Waals surface area contributed by atoms with Crippen LogP contribution in [0, 0.1) is 0 Å². The number of hydrogen-bond acceptors (Lipinski definition) is 4. The molecule has 1 atom stereocenters. The van der Waals surface area contributed by atoms with Gasteiger partial charge in [-0.1, -0.05) is 17.7 Å². The molecule has 1 N–H and O–H groups in total. The Morgan fingerprint density at radius 1 is 1.40 bits per heavy atom. The van der Waals surface area contributed by atoms with Crippen LogP contribution in [0.3, 0.4) is 0 Å². The maximum Gasteiger partial charge on any atom is 0.278 e. The molecule has 1 unspecified atom stereocenters. The Morgan fingerprint density at radius 2 is 2.13 bits per heavy atom. The first kappa shape index (κ1) is 22.0. The SMILES string of the molecule is CCNC(=O)c1nccc2c1CN(C(C)c1ccc(OCC(C)(F)F)c(Cl)c1)C2=O. The number of nitrogens with zero attached hydrogens (tertiary/aromatic N) is 2. The summed E-state index contributed by atoms with van der Waals surface area (Å²) < 4.78 is 31.1. The van der Waals surface area contributed by atoms with Crippen LogP contribution in [0.2, 0.25) is 5.02 Å². The number of ether oxygens (including phenoxy) is 1. The van der Waals surface area contributed by atoms with Crippen molar-refractivity contribution in [2.45, 2.75) is 39.3 Å². The van der Waals surface area contributed by atoms with E-state index in [2.05, 4.69) is 10.3 Å². The molecule has 2 aromatic rings. The molecule has 0 saturated heterocycles. The van der Waals surface area contributed by atoms with E-state index >= 15 is 0 Å². The summed E-state index contributed by atoms with van der Waals surface area (Å²) in [4.78, 5) is 31.0. The van der Waals surface area contributed by atoms with Crippen LogP contribution in [0.4, 0.5) is 8.78 Å². The van der Waals surface area contributed by atoms with Crippen molar-refractivity contribution >= 4 is 23.4 Å². The van der Waals surface area contributed by atoms with E-state index in [1.54, 1.807) is 30.0 Å². The number of fused-ring (bicyclic) bond motifs is 1. The summed E-state index contributed by atoms with van der Waals surface area (Å²) in [5.74, 6) is -3.37. The number of alkyl halides is 2. The Morgan fingerprint density at radius 3 is 2.77 bits per heavy atom. The third-order valence-electron chi connectivity index (χ3n) is 4.81. The van der Waals surface area contributed by atoms with Gasteiger partial charge in [0.25, 0.3) is 17.7 Å². The van der Waals surface area contributed by atoms with E-state index in [-0.39, 0.29) is 40.9 Å². The van der Waals surface area contributed by atoms with Gasteiger partial charge in [0.1, 0.15) is 11.4 Å². The zero-order valence-electron chi connectivity index (χ0n) is 16.8. The Hall–Kier alpha value is -2.74. The van der Waals surface area contributed by atoms with Crippen molar-refractivity contribution in [1.29, 1.82) is 0 Å². The zero-order valence-corrected chi connectivity index (χ0v) is 17.6. The van der Waals surface area contributed by atoms with Gasteiger partial charge in [-0.2, -0.15) is 0 Å². The average molecular weight is 438 g/mol. The summed E-state index contributed by atoms with van der Waals surface area (Å²) in [5, 5.41) is 2.88. The van der Waals surface area contributed by atoms with Gasteiger partial charge in [-0.05, 0) is 37.6 Å². The second-order valence-electron chi connectivity index (χ2n) is 7.20. The largest absolute Gasteiger partial charge is 0.486 e. The lowest BCUT2D eigenvalue weighted by molar-refractivity contribution is -0.0229. The molecule has 0 saturated carbocycles. The molecular weight excluding hydrogens is 416 g/mol. The molecule has 1 aromatic carbocycles. The molecule has 0 spiro atoms. The third-order valence-corrected chi connectivity index (χ3v) is 5.11. The molecule has 3 rings (SSSR count). The van der Waals surface area contributed by atoms with Crippen LogP contribution in [-0.4, -0.2) is 40.8 Å². The minimum Gasteiger partial charge on any atom is -0.486 e. The van der Waals surface area contributed by atoms with Crippen molar-refractivity contribution in [3.05, 3.63) is 57.9 Å². The fourth-order valence-corrected chi connectivity index (χ4v) is 3.52. The average Bonchev–Trinajstić information content (AvgIpc) is 3.02. The quantitative estimate of drug-likeness (QED) is 0.703. The summed E-state index contributed by atoms with van der Waals surface area (Å²) in [6.45, 7) is 4.30. The standard InChI is InChI=1S/C21H22ClF2N3O3/c1-4-25-19(28)18-15-10-27(20(29)14(15)7-8-26-18)12(2)13-5-6-17(16(22)9-13)30-11-21(3,23)24/h5-9,12H,4,10-11H2,1-3H3,(H,25,28). The maximum absolute atomic E-state index is 13.0. The fraction of sp³-hybridized carbons (Fsp3) is 0.381. The number of hydrogen-bond donors (Lipinski definition) is 1. The number of pyridine rings is 1. The highest BCUT2D eigenvalue weighted by Crippen LogP contribution is 2.35. The van der Waals surface area contributed by atoms with Gasteiger partial charge in [-0.15, -0.1) is 0 Å². The Bertz CT molecular complexity index is 978. The van der Waals surface area contributed by atoms with Gasteiger partial charge in [0.05, 0.1) is 11.1 Å². The van der Waals surface area contributed by atoms with E-state index in [4.69, 9.17) is 16.3 Å². The number of nitrogens with one attached hydrogen (secondary N) is 1. The summed E-state index contributed by atoms with van der Waals surface area (Å²) in [7, 11) is 0. The third kappa shape index (κ3) is 4.53. The second kappa shape index (κ2) is 8.55. The minimum absolute atomic E-state index is 0.146. The Balaban J connectivity index is 1.81. The number of rotatable bonds is 7. The molecule has 0 radical (unpaired) electrons. The van der Waals surface area contributed by atoms with Crippen LogP contribution in [0.1, 0.15) is 58.8 Å². The van der Waals surface area contributed by atoms with Gasteiger partial charge in [0.2, 0.25) is 0 Å². The van der Waals surface area contributed by atoms with Crippen LogP contribution in [-0.2, 0) is 6.54 Å². The lowest BCUT2D eigenvalue weighted by atomic mass is 10.1. The van der Waals surface area contributed by atoms with Crippen molar-refractivity contribution in [2.24, 2.45) is 0 Å². The van der Waals surface area contributed by atoms with Crippen LogP contribution >= 0.6 is 11.6 Å². The molecule has 0 aliphatic carbocycles. The summed E-state index contributed by atoms with van der Waals surface area (Å²) >= 11 is 6.20. The first-order valence-corrected chi connectivity index (χ1v) is 9.87. The van der Waals surface area contributed by atoms with Gasteiger partial charge < -0.3 is 15.0 Å². The van der Waals surface area contributed by atoms with Crippen molar-refractivity contribution in [3.8, 4) is 5.75 Å². The molecule has 30 heavy (non-hydrogen) atoms. The predicted molar refractivity (Wildman–Crippen MR) is 108 cm³/mol. The number of carbonyl (C=O) groups excluding carboxylic acids is 2. The maximum atomic E-state index is 13.0. The van der Waals surface area contributed by atoms with Crippen LogP contribution in [0.5, 0.6) is 5.75 Å².